The zero-order chi connectivity index (χ0) is 23.0. The van der Waals surface area contributed by atoms with Crippen molar-refractivity contribution < 1.29 is 22.3 Å². The molecule has 4 aromatic heterocycles. The first-order valence-corrected chi connectivity index (χ1v) is 12.8. The van der Waals surface area contributed by atoms with Crippen molar-refractivity contribution in [3.8, 4) is 17.3 Å². The van der Waals surface area contributed by atoms with E-state index in [1.54, 1.807) is 29.0 Å². The van der Waals surface area contributed by atoms with Crippen LogP contribution in [0, 0.1) is 0 Å². The average Bonchev–Trinajstić information content (AvgIpc) is 3.40. The van der Waals surface area contributed by atoms with Gasteiger partial charge in [-0.1, -0.05) is 0 Å². The lowest BCUT2D eigenvalue weighted by molar-refractivity contribution is 0.0987. The Kier molecular flexibility index (Phi) is 5.67. The number of nitrogens with zero attached hydrogens (tertiary/aromatic N) is 5. The second-order valence-electron chi connectivity index (χ2n) is 8.19. The van der Waals surface area contributed by atoms with E-state index in [4.69, 9.17) is 13.9 Å². The molecule has 5 rings (SSSR count). The van der Waals surface area contributed by atoms with Gasteiger partial charge in [0.25, 0.3) is 0 Å². The third-order valence-electron chi connectivity index (χ3n) is 5.56. The Labute approximate surface area is 191 Å². The van der Waals surface area contributed by atoms with Crippen molar-refractivity contribution in [2.45, 2.75) is 19.4 Å². The molecule has 174 valence electrons. The van der Waals surface area contributed by atoms with Gasteiger partial charge >= 0.3 is 0 Å². The van der Waals surface area contributed by atoms with E-state index >= 15 is 0 Å². The molecule has 0 bridgehead atoms. The maximum absolute atomic E-state index is 11.3. The Hall–Kier alpha value is -3.18. The Morgan fingerprint density at radius 1 is 1.24 bits per heavy atom. The lowest BCUT2D eigenvalue weighted by Gasteiger charge is -2.34. The van der Waals surface area contributed by atoms with E-state index in [0.29, 0.717) is 42.6 Å². The Bertz CT molecular complexity index is 1400. The van der Waals surface area contributed by atoms with Crippen LogP contribution in [0.1, 0.15) is 13.3 Å². The molecule has 0 aliphatic carbocycles. The van der Waals surface area contributed by atoms with E-state index in [-0.39, 0.29) is 18.4 Å². The standard InChI is InChI=1S/C22H25N5O5S/c1-15-14-30-10-8-26(15)22-16-12-19(32-18(16)6-7-23-22)17-13-24-20-4-5-21(25-27(17)20)31-9-3-11-33(2,28)29/h4-7,12-13,15H,3,8-11,14H2,1-2H3/t15-/m1/s1. The summed E-state index contributed by atoms with van der Waals surface area (Å²) in [6, 6.07) is 7.54. The van der Waals surface area contributed by atoms with Gasteiger partial charge in [-0.2, -0.15) is 0 Å². The molecule has 0 saturated carbocycles. The molecule has 33 heavy (non-hydrogen) atoms. The molecular formula is C22H25N5O5S. The van der Waals surface area contributed by atoms with E-state index in [1.165, 1.54) is 6.26 Å². The normalized spacial score (nSPS) is 17.2. The minimum absolute atomic E-state index is 0.0721. The number of furan rings is 1. The predicted octanol–water partition coefficient (Wildman–Crippen LogP) is 2.58. The highest BCUT2D eigenvalue weighted by molar-refractivity contribution is 7.90. The fourth-order valence-electron chi connectivity index (χ4n) is 3.95. The second-order valence-corrected chi connectivity index (χ2v) is 10.5. The van der Waals surface area contributed by atoms with Gasteiger partial charge in [-0.05, 0) is 31.5 Å². The summed E-state index contributed by atoms with van der Waals surface area (Å²) >= 11 is 0. The van der Waals surface area contributed by atoms with Crippen molar-refractivity contribution in [2.24, 2.45) is 0 Å². The largest absolute Gasteiger partial charge is 0.477 e. The van der Waals surface area contributed by atoms with E-state index in [1.807, 2.05) is 12.1 Å². The first kappa shape index (κ1) is 21.7. The predicted molar refractivity (Wildman–Crippen MR) is 123 cm³/mol. The maximum Gasteiger partial charge on any atom is 0.231 e. The molecule has 0 unspecified atom stereocenters. The number of fused-ring (bicyclic) bond motifs is 2. The van der Waals surface area contributed by atoms with Crippen molar-refractivity contribution in [1.82, 2.24) is 19.6 Å². The van der Waals surface area contributed by atoms with Crippen LogP contribution in [-0.4, -0.2) is 72.4 Å². The average molecular weight is 472 g/mol. The molecule has 0 spiro atoms. The highest BCUT2D eigenvalue weighted by atomic mass is 32.2. The summed E-state index contributed by atoms with van der Waals surface area (Å²) < 4.78 is 41.6. The molecule has 0 radical (unpaired) electrons. The van der Waals surface area contributed by atoms with Gasteiger partial charge in [0.2, 0.25) is 5.88 Å². The summed E-state index contributed by atoms with van der Waals surface area (Å²) in [5, 5.41) is 5.44. The number of anilines is 1. The monoisotopic (exact) mass is 471 g/mol. The van der Waals surface area contributed by atoms with Gasteiger partial charge in [0, 0.05) is 25.1 Å². The van der Waals surface area contributed by atoms with Crippen LogP contribution in [0.15, 0.2) is 41.1 Å². The number of sulfone groups is 1. The van der Waals surface area contributed by atoms with Crippen LogP contribution < -0.4 is 9.64 Å². The van der Waals surface area contributed by atoms with Crippen LogP contribution in [0.25, 0.3) is 28.1 Å². The summed E-state index contributed by atoms with van der Waals surface area (Å²) in [4.78, 5) is 11.3. The number of ether oxygens (including phenoxy) is 2. The SMILES string of the molecule is C[C@@H]1COCCN1c1nccc2oc(-c3cnc4ccc(OCCCS(C)(=O)=O)nn34)cc12. The van der Waals surface area contributed by atoms with Gasteiger partial charge in [-0.3, -0.25) is 0 Å². The fraction of sp³-hybridized carbons (Fsp3) is 0.409. The minimum atomic E-state index is -3.02. The van der Waals surface area contributed by atoms with Crippen molar-refractivity contribution in [1.29, 1.82) is 0 Å². The number of hydrogen-bond acceptors (Lipinski definition) is 9. The molecule has 1 aliphatic heterocycles. The molecule has 1 fully saturated rings. The molecule has 10 nitrogen and oxygen atoms in total. The molecule has 4 aromatic rings. The van der Waals surface area contributed by atoms with Crippen LogP contribution in [0.3, 0.4) is 0 Å². The molecule has 0 aromatic carbocycles. The van der Waals surface area contributed by atoms with Gasteiger partial charge in [0.1, 0.15) is 26.9 Å². The fourth-order valence-corrected chi connectivity index (χ4v) is 4.59. The molecule has 1 aliphatic rings. The summed E-state index contributed by atoms with van der Waals surface area (Å²) in [5.74, 6) is 1.95. The van der Waals surface area contributed by atoms with Crippen LogP contribution in [0.2, 0.25) is 0 Å². The maximum atomic E-state index is 11.3. The lowest BCUT2D eigenvalue weighted by atomic mass is 10.2. The molecule has 0 amide bonds. The van der Waals surface area contributed by atoms with Gasteiger partial charge in [0.15, 0.2) is 11.4 Å². The minimum Gasteiger partial charge on any atom is -0.477 e. The van der Waals surface area contributed by atoms with Gasteiger partial charge < -0.3 is 18.8 Å². The van der Waals surface area contributed by atoms with Crippen molar-refractivity contribution >= 4 is 32.3 Å². The number of pyridine rings is 1. The molecular weight excluding hydrogens is 446 g/mol. The highest BCUT2D eigenvalue weighted by Gasteiger charge is 2.24. The van der Waals surface area contributed by atoms with Crippen molar-refractivity contribution in [3.05, 3.63) is 36.7 Å². The zero-order valence-electron chi connectivity index (χ0n) is 18.5. The lowest BCUT2D eigenvalue weighted by Crippen LogP contribution is -2.44. The van der Waals surface area contributed by atoms with E-state index in [2.05, 4.69) is 26.9 Å². The van der Waals surface area contributed by atoms with E-state index < -0.39 is 9.84 Å². The molecule has 1 atom stereocenters. The van der Waals surface area contributed by atoms with Crippen molar-refractivity contribution in [3.63, 3.8) is 0 Å². The van der Waals surface area contributed by atoms with Crippen LogP contribution in [0.4, 0.5) is 5.82 Å². The molecule has 5 heterocycles. The summed E-state index contributed by atoms with van der Waals surface area (Å²) in [6.45, 7) is 4.47. The Balaban J connectivity index is 1.45. The Morgan fingerprint density at radius 3 is 2.94 bits per heavy atom. The van der Waals surface area contributed by atoms with Gasteiger partial charge in [0.05, 0.1) is 43.2 Å². The third kappa shape index (κ3) is 4.51. The van der Waals surface area contributed by atoms with Gasteiger partial charge in [-0.15, -0.1) is 5.10 Å². The second kappa shape index (κ2) is 8.64. The van der Waals surface area contributed by atoms with Crippen LogP contribution in [-0.2, 0) is 14.6 Å². The van der Waals surface area contributed by atoms with Gasteiger partial charge in [-0.25, -0.2) is 22.9 Å². The topological polar surface area (TPSA) is 112 Å². The number of aromatic nitrogens is 4. The Morgan fingerprint density at radius 2 is 2.12 bits per heavy atom. The van der Waals surface area contributed by atoms with Crippen LogP contribution >= 0.6 is 0 Å². The van der Waals surface area contributed by atoms with Crippen LogP contribution in [0.5, 0.6) is 5.88 Å². The summed E-state index contributed by atoms with van der Waals surface area (Å²) in [5.41, 5.74) is 2.06. The van der Waals surface area contributed by atoms with Crippen molar-refractivity contribution in [2.75, 3.05) is 43.3 Å². The smallest absolute Gasteiger partial charge is 0.231 e. The number of imidazole rings is 1. The zero-order valence-corrected chi connectivity index (χ0v) is 19.3. The molecule has 1 saturated heterocycles. The number of rotatable bonds is 7. The highest BCUT2D eigenvalue weighted by Crippen LogP contribution is 2.34. The molecule has 0 N–H and O–H groups in total. The number of hydrogen-bond donors (Lipinski definition) is 0. The first-order valence-electron chi connectivity index (χ1n) is 10.8. The quantitative estimate of drug-likeness (QED) is 0.375. The number of morpholine rings is 1. The van der Waals surface area contributed by atoms with E-state index in [0.717, 1.165) is 23.3 Å². The summed E-state index contributed by atoms with van der Waals surface area (Å²) in [6.07, 6.45) is 5.07. The third-order valence-corrected chi connectivity index (χ3v) is 6.59. The first-order chi connectivity index (χ1) is 15.9. The molecule has 11 heteroatoms. The summed E-state index contributed by atoms with van der Waals surface area (Å²) in [7, 11) is -3.02. The van der Waals surface area contributed by atoms with E-state index in [9.17, 15) is 8.42 Å².